The van der Waals surface area contributed by atoms with Gasteiger partial charge >= 0.3 is 0 Å². The van der Waals surface area contributed by atoms with Gasteiger partial charge in [0.1, 0.15) is 0 Å². The summed E-state index contributed by atoms with van der Waals surface area (Å²) in [6.07, 6.45) is 4.84. The number of aromatic nitrogens is 1. The maximum atomic E-state index is 6.39. The van der Waals surface area contributed by atoms with Crippen molar-refractivity contribution in [1.82, 2.24) is 10.3 Å². The summed E-state index contributed by atoms with van der Waals surface area (Å²) in [5, 5.41) is 5.84. The number of aromatic amines is 1. The van der Waals surface area contributed by atoms with Gasteiger partial charge in [0.05, 0.1) is 5.02 Å². The second-order valence-corrected chi connectivity index (χ2v) is 8.33. The summed E-state index contributed by atoms with van der Waals surface area (Å²) < 4.78 is 0. The summed E-state index contributed by atoms with van der Waals surface area (Å²) in [6, 6.07) is 6.79. The van der Waals surface area contributed by atoms with Gasteiger partial charge in [-0.1, -0.05) is 38.4 Å². The van der Waals surface area contributed by atoms with Crippen molar-refractivity contribution < 1.29 is 0 Å². The first-order valence-corrected chi connectivity index (χ1v) is 8.85. The van der Waals surface area contributed by atoms with Gasteiger partial charge < -0.3 is 10.3 Å². The molecule has 2 saturated carbocycles. The number of nitrogens with one attached hydrogen (secondary N) is 2. The van der Waals surface area contributed by atoms with Crippen LogP contribution >= 0.6 is 11.6 Å². The highest BCUT2D eigenvalue weighted by Gasteiger charge is 2.61. The number of H-pyrrole nitrogens is 1. The first-order valence-electron chi connectivity index (χ1n) is 8.47. The molecule has 3 heteroatoms. The lowest BCUT2D eigenvalue weighted by Crippen LogP contribution is -2.32. The molecule has 2 aliphatic carbocycles. The molecule has 0 spiro atoms. The van der Waals surface area contributed by atoms with E-state index in [1.165, 1.54) is 23.8 Å². The molecule has 2 N–H and O–H groups in total. The van der Waals surface area contributed by atoms with Crippen LogP contribution in [0, 0.1) is 17.3 Å². The number of fused-ring (bicyclic) bond motifs is 2. The Hall–Kier alpha value is -0.990. The lowest BCUT2D eigenvalue weighted by molar-refractivity contribution is 0.380. The van der Waals surface area contributed by atoms with Gasteiger partial charge in [-0.05, 0) is 53.7 Å². The molecular formula is C19H25ClN2. The molecule has 1 aromatic heterocycles. The van der Waals surface area contributed by atoms with Crippen LogP contribution in [-0.2, 0) is 0 Å². The predicted molar refractivity (Wildman–Crippen MR) is 93.5 cm³/mol. The van der Waals surface area contributed by atoms with Crippen molar-refractivity contribution in [2.24, 2.45) is 17.3 Å². The molecule has 4 rings (SSSR count). The van der Waals surface area contributed by atoms with E-state index in [0.29, 0.717) is 17.4 Å². The molecule has 2 aliphatic rings. The lowest BCUT2D eigenvalue weighted by atomic mass is 9.96. The molecule has 118 valence electrons. The SMILES string of the molecule is CC(CNC1CC2C(C1)C2(C)C)c1c[nH]c2cccc(Cl)c12. The number of hydrogen-bond acceptors (Lipinski definition) is 1. The molecule has 0 radical (unpaired) electrons. The second-order valence-electron chi connectivity index (χ2n) is 7.92. The predicted octanol–water partition coefficient (Wildman–Crippen LogP) is 4.95. The molecule has 0 bridgehead atoms. The zero-order valence-corrected chi connectivity index (χ0v) is 14.4. The molecule has 0 amide bonds. The van der Waals surface area contributed by atoms with Crippen LogP contribution in [0.15, 0.2) is 24.4 Å². The molecule has 1 heterocycles. The Kier molecular flexibility index (Phi) is 3.32. The molecule has 3 unspecified atom stereocenters. The van der Waals surface area contributed by atoms with Gasteiger partial charge in [-0.3, -0.25) is 0 Å². The molecule has 0 saturated heterocycles. The van der Waals surface area contributed by atoms with Crippen molar-refractivity contribution in [2.75, 3.05) is 6.54 Å². The zero-order valence-electron chi connectivity index (χ0n) is 13.6. The van der Waals surface area contributed by atoms with Crippen LogP contribution in [0.3, 0.4) is 0 Å². The Bertz CT molecular complexity index is 689. The minimum atomic E-state index is 0.471. The highest BCUT2D eigenvalue weighted by molar-refractivity contribution is 6.35. The normalized spacial score (nSPS) is 30.5. The van der Waals surface area contributed by atoms with Crippen LogP contribution < -0.4 is 5.32 Å². The first kappa shape index (κ1) is 14.6. The standard InChI is InChI=1S/C19H25ClN2/c1-11(9-21-12-7-14-15(8-12)19(14,2)3)13-10-22-17-6-4-5-16(20)18(13)17/h4-6,10-12,14-15,21-22H,7-9H2,1-3H3. The van der Waals surface area contributed by atoms with Crippen molar-refractivity contribution in [3.05, 3.63) is 35.0 Å². The third-order valence-corrected chi connectivity index (χ3v) is 6.61. The number of hydrogen-bond donors (Lipinski definition) is 2. The van der Waals surface area contributed by atoms with E-state index in [1.807, 2.05) is 12.1 Å². The maximum absolute atomic E-state index is 6.39. The Morgan fingerprint density at radius 3 is 2.77 bits per heavy atom. The Labute approximate surface area is 137 Å². The number of rotatable bonds is 4. The Balaban J connectivity index is 1.41. The second kappa shape index (κ2) is 5.01. The van der Waals surface area contributed by atoms with Crippen molar-refractivity contribution in [3.8, 4) is 0 Å². The van der Waals surface area contributed by atoms with E-state index in [2.05, 4.69) is 43.3 Å². The third kappa shape index (κ3) is 2.19. The van der Waals surface area contributed by atoms with Crippen LogP contribution in [0.5, 0.6) is 0 Å². The molecule has 2 fully saturated rings. The van der Waals surface area contributed by atoms with Crippen LogP contribution in [0.25, 0.3) is 10.9 Å². The Morgan fingerprint density at radius 1 is 1.32 bits per heavy atom. The molecule has 0 aliphatic heterocycles. The highest BCUT2D eigenvalue weighted by atomic mass is 35.5. The van der Waals surface area contributed by atoms with Gasteiger partial charge in [0, 0.05) is 29.7 Å². The van der Waals surface area contributed by atoms with E-state index in [-0.39, 0.29) is 0 Å². The number of halogens is 1. The third-order valence-electron chi connectivity index (χ3n) is 6.29. The van der Waals surface area contributed by atoms with Gasteiger partial charge in [0.2, 0.25) is 0 Å². The molecule has 2 aromatic rings. The molecule has 2 nitrogen and oxygen atoms in total. The summed E-state index contributed by atoms with van der Waals surface area (Å²) in [4.78, 5) is 3.35. The smallest absolute Gasteiger partial charge is 0.0502 e. The van der Waals surface area contributed by atoms with Crippen molar-refractivity contribution in [2.45, 2.75) is 45.6 Å². The topological polar surface area (TPSA) is 27.8 Å². The average Bonchev–Trinajstić information content (AvgIpc) is 2.94. The van der Waals surface area contributed by atoms with Gasteiger partial charge in [-0.2, -0.15) is 0 Å². The summed E-state index contributed by atoms with van der Waals surface area (Å²) in [7, 11) is 0. The van der Waals surface area contributed by atoms with Crippen LogP contribution in [0.2, 0.25) is 5.02 Å². The van der Waals surface area contributed by atoms with E-state index < -0.39 is 0 Å². The molecule has 1 aromatic carbocycles. The summed E-state index contributed by atoms with van der Waals surface area (Å²) in [5.41, 5.74) is 3.09. The largest absolute Gasteiger partial charge is 0.361 e. The van der Waals surface area contributed by atoms with Crippen molar-refractivity contribution >= 4 is 22.5 Å². The van der Waals surface area contributed by atoms with Crippen molar-refractivity contribution in [1.29, 1.82) is 0 Å². The van der Waals surface area contributed by atoms with Gasteiger partial charge in [-0.25, -0.2) is 0 Å². The fraction of sp³-hybridized carbons (Fsp3) is 0.579. The summed E-state index contributed by atoms with van der Waals surface area (Å²) in [6.45, 7) is 8.17. The van der Waals surface area contributed by atoms with Crippen LogP contribution in [-0.4, -0.2) is 17.6 Å². The van der Waals surface area contributed by atoms with Crippen LogP contribution in [0.4, 0.5) is 0 Å². The average molecular weight is 317 g/mol. The lowest BCUT2D eigenvalue weighted by Gasteiger charge is -2.21. The van der Waals surface area contributed by atoms with E-state index >= 15 is 0 Å². The summed E-state index contributed by atoms with van der Waals surface area (Å²) in [5.74, 6) is 2.39. The van der Waals surface area contributed by atoms with E-state index in [4.69, 9.17) is 11.6 Å². The molecule has 22 heavy (non-hydrogen) atoms. The molecular weight excluding hydrogens is 292 g/mol. The van der Waals surface area contributed by atoms with E-state index in [9.17, 15) is 0 Å². The Morgan fingerprint density at radius 2 is 2.05 bits per heavy atom. The van der Waals surface area contributed by atoms with Gasteiger partial charge in [0.15, 0.2) is 0 Å². The van der Waals surface area contributed by atoms with E-state index in [1.54, 1.807) is 0 Å². The highest BCUT2D eigenvalue weighted by Crippen LogP contribution is 2.66. The van der Waals surface area contributed by atoms with Crippen LogP contribution in [0.1, 0.15) is 45.1 Å². The summed E-state index contributed by atoms with van der Waals surface area (Å²) >= 11 is 6.39. The van der Waals surface area contributed by atoms with Gasteiger partial charge in [-0.15, -0.1) is 0 Å². The van der Waals surface area contributed by atoms with E-state index in [0.717, 1.165) is 28.9 Å². The fourth-order valence-corrected chi connectivity index (χ4v) is 4.96. The van der Waals surface area contributed by atoms with Gasteiger partial charge in [0.25, 0.3) is 0 Å². The minimum absolute atomic E-state index is 0.471. The monoisotopic (exact) mass is 316 g/mol. The quantitative estimate of drug-likeness (QED) is 0.820. The zero-order chi connectivity index (χ0) is 15.5. The maximum Gasteiger partial charge on any atom is 0.0502 e. The fourth-order valence-electron chi connectivity index (χ4n) is 4.68. The number of benzene rings is 1. The van der Waals surface area contributed by atoms with Crippen molar-refractivity contribution in [3.63, 3.8) is 0 Å². The molecule has 3 atom stereocenters. The first-order chi connectivity index (χ1) is 10.5. The minimum Gasteiger partial charge on any atom is -0.361 e.